The minimum atomic E-state index is -1.27. The van der Waals surface area contributed by atoms with E-state index in [1.807, 2.05) is 0 Å². The first-order valence-corrected chi connectivity index (χ1v) is 12.8. The topological polar surface area (TPSA) is 12.4 Å². The number of nitrogens with zero attached hydrogens (tertiary/aromatic N) is 1. The number of hydrogen-bond donors (Lipinski definition) is 0. The van der Waals surface area contributed by atoms with Crippen molar-refractivity contribution in [2.75, 3.05) is 6.54 Å². The van der Waals surface area contributed by atoms with Crippen LogP contribution in [0.4, 0.5) is 0 Å². The summed E-state index contributed by atoms with van der Waals surface area (Å²) in [4.78, 5) is 5.13. The summed E-state index contributed by atoms with van der Waals surface area (Å²) >= 11 is 0. The maximum absolute atomic E-state index is 5.13. The van der Waals surface area contributed by atoms with Crippen LogP contribution in [0, 0.1) is 0 Å². The normalized spacial score (nSPS) is 19.9. The van der Waals surface area contributed by atoms with Crippen molar-refractivity contribution in [3.8, 4) is 0 Å². The molecule has 1 rings (SSSR count). The summed E-state index contributed by atoms with van der Waals surface area (Å²) < 4.78 is 0. The maximum atomic E-state index is 5.13. The molecule has 1 unspecified atom stereocenters. The Morgan fingerprint density at radius 1 is 1.00 bits per heavy atom. The first-order valence-electron chi connectivity index (χ1n) is 9.84. The fraction of sp³-hybridized carbons (Fsp3) is 0.850. The lowest BCUT2D eigenvalue weighted by molar-refractivity contribution is 0.595. The predicted molar refractivity (Wildman–Crippen MR) is 105 cm³/mol. The van der Waals surface area contributed by atoms with E-state index in [2.05, 4.69) is 39.5 Å². The van der Waals surface area contributed by atoms with E-state index in [0.29, 0.717) is 5.54 Å². The SMILES string of the molecule is C/C=C/C(C1=NCCCCCCCC1)[Si](C)(CCC)CCC. The van der Waals surface area contributed by atoms with Gasteiger partial charge in [0.25, 0.3) is 0 Å². The lowest BCUT2D eigenvalue weighted by atomic mass is 10.0. The third kappa shape index (κ3) is 6.40. The zero-order valence-electron chi connectivity index (χ0n) is 15.7. The van der Waals surface area contributed by atoms with Gasteiger partial charge in [-0.1, -0.05) is 83.2 Å². The van der Waals surface area contributed by atoms with Gasteiger partial charge in [0.15, 0.2) is 0 Å². The van der Waals surface area contributed by atoms with Gasteiger partial charge in [-0.25, -0.2) is 0 Å². The van der Waals surface area contributed by atoms with E-state index in [0.717, 1.165) is 6.54 Å². The second-order valence-electron chi connectivity index (χ2n) is 7.40. The molecular formula is C20H39NSi. The number of hydrogen-bond acceptors (Lipinski definition) is 1. The summed E-state index contributed by atoms with van der Waals surface area (Å²) in [6.07, 6.45) is 17.0. The molecule has 0 N–H and O–H groups in total. The molecule has 0 amide bonds. The van der Waals surface area contributed by atoms with E-state index in [-0.39, 0.29) is 0 Å². The van der Waals surface area contributed by atoms with Crippen LogP contribution < -0.4 is 0 Å². The highest BCUT2D eigenvalue weighted by Crippen LogP contribution is 2.36. The van der Waals surface area contributed by atoms with Crippen LogP contribution in [0.15, 0.2) is 17.1 Å². The molecule has 22 heavy (non-hydrogen) atoms. The van der Waals surface area contributed by atoms with Crippen LogP contribution in [0.1, 0.15) is 78.6 Å². The lowest BCUT2D eigenvalue weighted by Crippen LogP contribution is -2.39. The van der Waals surface area contributed by atoms with Gasteiger partial charge in [-0.2, -0.15) is 0 Å². The van der Waals surface area contributed by atoms with Crippen molar-refractivity contribution < 1.29 is 0 Å². The third-order valence-electron chi connectivity index (χ3n) is 5.29. The average Bonchev–Trinajstić information content (AvgIpc) is 2.51. The molecule has 2 heteroatoms. The molecule has 1 heterocycles. The molecule has 0 radical (unpaired) electrons. The van der Waals surface area contributed by atoms with E-state index < -0.39 is 8.07 Å². The van der Waals surface area contributed by atoms with Crippen molar-refractivity contribution in [2.24, 2.45) is 4.99 Å². The fourth-order valence-corrected chi connectivity index (χ4v) is 9.05. The highest BCUT2D eigenvalue weighted by Gasteiger charge is 2.35. The molecule has 1 aliphatic heterocycles. The van der Waals surface area contributed by atoms with Gasteiger partial charge in [0.05, 0.1) is 8.07 Å². The lowest BCUT2D eigenvalue weighted by Gasteiger charge is -2.35. The second-order valence-corrected chi connectivity index (χ2v) is 12.3. The largest absolute Gasteiger partial charge is 0.294 e. The molecule has 0 aromatic carbocycles. The summed E-state index contributed by atoms with van der Waals surface area (Å²) in [6, 6.07) is 2.91. The molecular weight excluding hydrogens is 282 g/mol. The van der Waals surface area contributed by atoms with E-state index in [9.17, 15) is 0 Å². The maximum Gasteiger partial charge on any atom is 0.0642 e. The van der Waals surface area contributed by atoms with Crippen LogP contribution in [0.5, 0.6) is 0 Å². The van der Waals surface area contributed by atoms with Crippen molar-refractivity contribution >= 4 is 13.8 Å². The highest BCUT2D eigenvalue weighted by molar-refractivity contribution is 6.83. The Bertz CT molecular complexity index is 340. The molecule has 0 saturated heterocycles. The van der Waals surface area contributed by atoms with Crippen molar-refractivity contribution in [2.45, 2.75) is 103 Å². The summed E-state index contributed by atoms with van der Waals surface area (Å²) in [5.41, 5.74) is 2.26. The zero-order chi connectivity index (χ0) is 16.3. The van der Waals surface area contributed by atoms with Crippen molar-refractivity contribution in [1.29, 1.82) is 0 Å². The highest BCUT2D eigenvalue weighted by atomic mass is 28.3. The molecule has 1 nitrogen and oxygen atoms in total. The fourth-order valence-electron chi connectivity index (χ4n) is 4.20. The molecule has 0 saturated carbocycles. The van der Waals surface area contributed by atoms with Gasteiger partial charge < -0.3 is 0 Å². The average molecular weight is 322 g/mol. The molecule has 1 atom stereocenters. The Balaban J connectivity index is 2.99. The van der Waals surface area contributed by atoms with Crippen LogP contribution in [0.25, 0.3) is 0 Å². The van der Waals surface area contributed by atoms with Gasteiger partial charge in [-0.3, -0.25) is 4.99 Å². The van der Waals surface area contributed by atoms with Crippen molar-refractivity contribution in [1.82, 2.24) is 0 Å². The molecule has 0 aromatic rings. The molecule has 0 aromatic heterocycles. The molecule has 1 aliphatic rings. The number of aliphatic imine (C=N–C) groups is 1. The van der Waals surface area contributed by atoms with Crippen LogP contribution in [-0.4, -0.2) is 20.3 Å². The van der Waals surface area contributed by atoms with Crippen molar-refractivity contribution in [3.63, 3.8) is 0 Å². The van der Waals surface area contributed by atoms with E-state index >= 15 is 0 Å². The van der Waals surface area contributed by atoms with E-state index in [1.54, 1.807) is 5.71 Å². The minimum absolute atomic E-state index is 0.692. The monoisotopic (exact) mass is 321 g/mol. The third-order valence-corrected chi connectivity index (χ3v) is 10.6. The Morgan fingerprint density at radius 2 is 1.59 bits per heavy atom. The Labute approximate surface area is 140 Å². The second kappa shape index (κ2) is 11.2. The quantitative estimate of drug-likeness (QED) is 0.353. The molecule has 0 aliphatic carbocycles. The van der Waals surface area contributed by atoms with Crippen LogP contribution in [-0.2, 0) is 0 Å². The van der Waals surface area contributed by atoms with Crippen LogP contribution in [0.3, 0.4) is 0 Å². The Morgan fingerprint density at radius 3 is 2.18 bits per heavy atom. The predicted octanol–water partition coefficient (Wildman–Crippen LogP) is 7.02. The van der Waals surface area contributed by atoms with Gasteiger partial charge in [-0.15, -0.1) is 0 Å². The molecule has 0 spiro atoms. The Kier molecular flexibility index (Phi) is 10.0. The first-order chi connectivity index (χ1) is 10.7. The standard InChI is InChI=1S/C20H39NSi/c1-5-14-20(22(4,17-6-2)18-7-3)19-15-12-10-8-9-11-13-16-21-19/h5,14,20H,6-13,15-18H2,1-4H3/b14-5+,21-19?. The summed E-state index contributed by atoms with van der Waals surface area (Å²) in [6.45, 7) is 10.6. The summed E-state index contributed by atoms with van der Waals surface area (Å²) in [5.74, 6) is 0. The van der Waals surface area contributed by atoms with Crippen molar-refractivity contribution in [3.05, 3.63) is 12.2 Å². The van der Waals surface area contributed by atoms with E-state index in [4.69, 9.17) is 4.99 Å². The number of rotatable bonds is 7. The zero-order valence-corrected chi connectivity index (χ0v) is 16.7. The minimum Gasteiger partial charge on any atom is -0.294 e. The van der Waals surface area contributed by atoms with Crippen LogP contribution >= 0.6 is 0 Å². The molecule has 128 valence electrons. The van der Waals surface area contributed by atoms with Gasteiger partial charge in [-0.05, 0) is 26.2 Å². The smallest absolute Gasteiger partial charge is 0.0642 e. The summed E-state index contributed by atoms with van der Waals surface area (Å²) in [7, 11) is -1.27. The summed E-state index contributed by atoms with van der Waals surface area (Å²) in [5, 5.41) is 0. The first kappa shape index (κ1) is 19.7. The number of allylic oxidation sites excluding steroid dienone is 2. The van der Waals surface area contributed by atoms with Gasteiger partial charge in [0.1, 0.15) is 0 Å². The molecule has 0 fully saturated rings. The van der Waals surface area contributed by atoms with Gasteiger partial charge in [0, 0.05) is 17.8 Å². The van der Waals surface area contributed by atoms with E-state index in [1.165, 1.54) is 69.9 Å². The van der Waals surface area contributed by atoms with Gasteiger partial charge >= 0.3 is 0 Å². The van der Waals surface area contributed by atoms with Crippen LogP contribution in [0.2, 0.25) is 24.2 Å². The Hall–Kier alpha value is -0.373. The molecule has 0 bridgehead atoms. The van der Waals surface area contributed by atoms with Gasteiger partial charge in [0.2, 0.25) is 0 Å².